The Morgan fingerprint density at radius 1 is 1.29 bits per heavy atom. The Kier molecular flexibility index (Phi) is 4.39. The molecule has 0 fully saturated rings. The van der Waals surface area contributed by atoms with Crippen molar-refractivity contribution in [2.45, 2.75) is 0 Å². The van der Waals surface area contributed by atoms with Crippen LogP contribution in [0.3, 0.4) is 0 Å². The number of nitrogens with one attached hydrogen (secondary N) is 1. The molecule has 0 radical (unpaired) electrons. The first-order valence-electron chi connectivity index (χ1n) is 6.19. The number of primary amides is 1. The first kappa shape index (κ1) is 14.4. The van der Waals surface area contributed by atoms with E-state index in [1.54, 1.807) is 24.4 Å². The Balaban J connectivity index is 1.98. The molecule has 21 heavy (non-hydrogen) atoms. The fraction of sp³-hybridized carbons (Fsp3) is 0.154. The summed E-state index contributed by atoms with van der Waals surface area (Å²) in [6, 6.07) is 8.75. The SMILES string of the molecule is NC(=O)OCCNC(=O)c1ccn(-c2ccccc2N)n1. The number of nitrogens with zero attached hydrogens (tertiary/aromatic N) is 2. The van der Waals surface area contributed by atoms with Crippen molar-refractivity contribution in [1.29, 1.82) is 0 Å². The summed E-state index contributed by atoms with van der Waals surface area (Å²) in [6.07, 6.45) is 0.758. The second kappa shape index (κ2) is 6.42. The van der Waals surface area contributed by atoms with Gasteiger partial charge in [0.1, 0.15) is 6.61 Å². The van der Waals surface area contributed by atoms with E-state index >= 15 is 0 Å². The van der Waals surface area contributed by atoms with Crippen molar-refractivity contribution < 1.29 is 14.3 Å². The molecule has 0 bridgehead atoms. The van der Waals surface area contributed by atoms with Gasteiger partial charge < -0.3 is 21.5 Å². The van der Waals surface area contributed by atoms with E-state index in [-0.39, 0.29) is 24.8 Å². The van der Waals surface area contributed by atoms with Crippen molar-refractivity contribution in [3.63, 3.8) is 0 Å². The third kappa shape index (κ3) is 3.72. The average Bonchev–Trinajstić information content (AvgIpc) is 2.93. The van der Waals surface area contributed by atoms with Crippen LogP contribution in [-0.4, -0.2) is 34.9 Å². The lowest BCUT2D eigenvalue weighted by Gasteiger charge is -2.05. The summed E-state index contributed by atoms with van der Waals surface area (Å²) in [4.78, 5) is 22.2. The molecular weight excluding hydrogens is 274 g/mol. The molecule has 0 spiro atoms. The molecule has 0 aliphatic heterocycles. The monoisotopic (exact) mass is 289 g/mol. The van der Waals surface area contributed by atoms with Gasteiger partial charge in [0, 0.05) is 6.20 Å². The van der Waals surface area contributed by atoms with Crippen LogP contribution in [0.4, 0.5) is 10.5 Å². The number of para-hydroxylation sites is 2. The minimum atomic E-state index is -0.881. The second-order valence-electron chi connectivity index (χ2n) is 4.13. The highest BCUT2D eigenvalue weighted by Gasteiger charge is 2.10. The van der Waals surface area contributed by atoms with Crippen LogP contribution in [0.5, 0.6) is 0 Å². The zero-order valence-corrected chi connectivity index (χ0v) is 11.2. The molecule has 1 aromatic heterocycles. The van der Waals surface area contributed by atoms with E-state index in [4.69, 9.17) is 11.5 Å². The summed E-state index contributed by atoms with van der Waals surface area (Å²) in [7, 11) is 0. The normalized spacial score (nSPS) is 10.1. The first-order chi connectivity index (χ1) is 10.1. The lowest BCUT2D eigenvalue weighted by atomic mass is 10.3. The molecule has 8 heteroatoms. The number of benzene rings is 1. The standard InChI is InChI=1S/C13H15N5O3/c14-9-3-1-2-4-11(9)18-7-5-10(17-18)12(19)16-6-8-21-13(15)20/h1-5,7H,6,8,14H2,(H2,15,20)(H,16,19). The molecule has 0 aliphatic rings. The van der Waals surface area contributed by atoms with Gasteiger partial charge in [0.15, 0.2) is 5.69 Å². The smallest absolute Gasteiger partial charge is 0.404 e. The summed E-state index contributed by atoms with van der Waals surface area (Å²) >= 11 is 0. The molecule has 0 atom stereocenters. The predicted molar refractivity (Wildman–Crippen MR) is 75.8 cm³/mol. The number of ether oxygens (including phenoxy) is 1. The number of carbonyl (C=O) groups excluding carboxylic acids is 2. The minimum Gasteiger partial charge on any atom is -0.448 e. The Morgan fingerprint density at radius 3 is 2.76 bits per heavy atom. The maximum atomic E-state index is 11.8. The topological polar surface area (TPSA) is 125 Å². The van der Waals surface area contributed by atoms with Crippen LogP contribution in [0.1, 0.15) is 10.5 Å². The van der Waals surface area contributed by atoms with Gasteiger partial charge in [0.25, 0.3) is 5.91 Å². The van der Waals surface area contributed by atoms with Crippen LogP contribution < -0.4 is 16.8 Å². The number of aromatic nitrogens is 2. The summed E-state index contributed by atoms with van der Waals surface area (Å²) in [5, 5.41) is 6.70. The molecule has 8 nitrogen and oxygen atoms in total. The fourth-order valence-corrected chi connectivity index (χ4v) is 1.68. The van der Waals surface area contributed by atoms with E-state index in [9.17, 15) is 9.59 Å². The zero-order valence-electron chi connectivity index (χ0n) is 11.2. The van der Waals surface area contributed by atoms with Crippen LogP contribution in [0.2, 0.25) is 0 Å². The lowest BCUT2D eigenvalue weighted by Crippen LogP contribution is -2.29. The zero-order chi connectivity index (χ0) is 15.2. The van der Waals surface area contributed by atoms with E-state index in [1.807, 2.05) is 12.1 Å². The van der Waals surface area contributed by atoms with Crippen LogP contribution in [0.25, 0.3) is 5.69 Å². The third-order valence-electron chi connectivity index (χ3n) is 2.64. The summed E-state index contributed by atoms with van der Waals surface area (Å²) in [5.41, 5.74) is 12.1. The highest BCUT2D eigenvalue weighted by molar-refractivity contribution is 5.92. The van der Waals surface area contributed by atoms with Crippen LogP contribution in [-0.2, 0) is 4.74 Å². The number of carbonyl (C=O) groups is 2. The van der Waals surface area contributed by atoms with Gasteiger partial charge in [-0.2, -0.15) is 5.10 Å². The highest BCUT2D eigenvalue weighted by Crippen LogP contribution is 2.15. The molecule has 1 heterocycles. The minimum absolute atomic E-state index is 0.00736. The van der Waals surface area contributed by atoms with Crippen molar-refractivity contribution in [3.05, 3.63) is 42.2 Å². The average molecular weight is 289 g/mol. The molecule has 2 aromatic rings. The lowest BCUT2D eigenvalue weighted by molar-refractivity contribution is 0.0931. The Morgan fingerprint density at radius 2 is 2.05 bits per heavy atom. The fourth-order valence-electron chi connectivity index (χ4n) is 1.68. The van der Waals surface area contributed by atoms with Crippen LogP contribution in [0.15, 0.2) is 36.5 Å². The van der Waals surface area contributed by atoms with E-state index in [0.717, 1.165) is 0 Å². The second-order valence-corrected chi connectivity index (χ2v) is 4.13. The first-order valence-corrected chi connectivity index (χ1v) is 6.19. The molecule has 0 aliphatic carbocycles. The van der Waals surface area contributed by atoms with Crippen molar-refractivity contribution in [2.75, 3.05) is 18.9 Å². The van der Waals surface area contributed by atoms with Gasteiger partial charge in [0.05, 0.1) is 17.9 Å². The van der Waals surface area contributed by atoms with Crippen molar-refractivity contribution in [3.8, 4) is 5.69 Å². The molecule has 2 rings (SSSR count). The van der Waals surface area contributed by atoms with Gasteiger partial charge in [-0.05, 0) is 18.2 Å². The maximum Gasteiger partial charge on any atom is 0.404 e. The van der Waals surface area contributed by atoms with Gasteiger partial charge in [0.2, 0.25) is 0 Å². The highest BCUT2D eigenvalue weighted by atomic mass is 16.5. The van der Waals surface area contributed by atoms with Crippen molar-refractivity contribution >= 4 is 17.7 Å². The molecule has 0 unspecified atom stereocenters. The number of rotatable bonds is 5. The maximum absolute atomic E-state index is 11.8. The van der Waals surface area contributed by atoms with Crippen LogP contribution >= 0.6 is 0 Å². The number of anilines is 1. The van der Waals surface area contributed by atoms with Gasteiger partial charge >= 0.3 is 6.09 Å². The van der Waals surface area contributed by atoms with E-state index in [2.05, 4.69) is 15.2 Å². The quantitative estimate of drug-likeness (QED) is 0.538. The Bertz CT molecular complexity index is 653. The molecule has 0 saturated carbocycles. The molecule has 2 amide bonds. The van der Waals surface area contributed by atoms with Crippen molar-refractivity contribution in [1.82, 2.24) is 15.1 Å². The van der Waals surface area contributed by atoms with Gasteiger partial charge in [-0.3, -0.25) is 4.79 Å². The van der Waals surface area contributed by atoms with Gasteiger partial charge in [-0.1, -0.05) is 12.1 Å². The Labute approximate surface area is 120 Å². The number of nitrogen functional groups attached to an aromatic ring is 1. The predicted octanol–water partition coefficient (Wildman–Crippen LogP) is 0.280. The van der Waals surface area contributed by atoms with Crippen LogP contribution in [0, 0.1) is 0 Å². The Hall–Kier alpha value is -3.03. The van der Waals surface area contributed by atoms with E-state index in [1.165, 1.54) is 4.68 Å². The van der Waals surface area contributed by atoms with Crippen molar-refractivity contribution in [2.24, 2.45) is 5.73 Å². The molecular formula is C13H15N5O3. The number of amides is 2. The number of hydrogen-bond acceptors (Lipinski definition) is 5. The molecule has 1 aromatic carbocycles. The molecule has 5 N–H and O–H groups in total. The van der Waals surface area contributed by atoms with E-state index in [0.29, 0.717) is 11.4 Å². The summed E-state index contributed by atoms with van der Waals surface area (Å²) in [5.74, 6) is -0.378. The van der Waals surface area contributed by atoms with E-state index < -0.39 is 6.09 Å². The molecule has 110 valence electrons. The number of nitrogens with two attached hydrogens (primary N) is 2. The largest absolute Gasteiger partial charge is 0.448 e. The number of hydrogen-bond donors (Lipinski definition) is 3. The third-order valence-corrected chi connectivity index (χ3v) is 2.64. The molecule has 0 saturated heterocycles. The van der Waals surface area contributed by atoms with Gasteiger partial charge in [-0.25, -0.2) is 9.48 Å². The summed E-state index contributed by atoms with van der Waals surface area (Å²) in [6.45, 7) is 0.162. The van der Waals surface area contributed by atoms with Gasteiger partial charge in [-0.15, -0.1) is 0 Å². The summed E-state index contributed by atoms with van der Waals surface area (Å²) < 4.78 is 6.02.